The first-order chi connectivity index (χ1) is 21.0. The largest absolute Gasteiger partial charge is 0.454 e. The van der Waals surface area contributed by atoms with Gasteiger partial charge in [-0.3, -0.25) is 15.0 Å². The summed E-state index contributed by atoms with van der Waals surface area (Å²) < 4.78 is 40.0. The quantitative estimate of drug-likeness (QED) is 0.271. The zero-order valence-electron chi connectivity index (χ0n) is 26.1. The van der Waals surface area contributed by atoms with Gasteiger partial charge in [-0.15, -0.1) is 0 Å². The Morgan fingerprint density at radius 3 is 2.45 bits per heavy atom. The zero-order chi connectivity index (χ0) is 31.9. The van der Waals surface area contributed by atoms with Crippen molar-refractivity contribution in [3.63, 3.8) is 0 Å². The lowest BCUT2D eigenvalue weighted by Gasteiger charge is -2.38. The van der Waals surface area contributed by atoms with Crippen LogP contribution in [0.25, 0.3) is 0 Å². The van der Waals surface area contributed by atoms with Crippen LogP contribution in [0.3, 0.4) is 0 Å². The fraction of sp³-hybridized carbons (Fsp3) is 0.562. The molecular formula is C32H46N4O7S. The molecular weight excluding hydrogens is 584 g/mol. The van der Waals surface area contributed by atoms with Crippen LogP contribution >= 0.6 is 0 Å². The standard InChI is InChI=1S/C32H46N4O7S/c1-5-23(4)16-31(38)36(34-32(39)26-12-9-15-33-26)27(17-24-10-7-6-8-11-24)28(37)20-35(19-22(2)3)44(40,41)25-13-14-29-30(18-25)43-21-42-29/h6-8,10-11,13-14,18,22-23,26-28,33,37H,5,9,12,15-17,19-21H2,1-4H3,(H,34,39)/t23-,26?,27-,28+/m0/s1. The average Bonchev–Trinajstić information content (AvgIpc) is 3.71. The molecule has 1 unspecified atom stereocenters. The molecule has 1 saturated heterocycles. The number of sulfonamides is 1. The van der Waals surface area contributed by atoms with Crippen molar-refractivity contribution in [2.24, 2.45) is 11.8 Å². The van der Waals surface area contributed by atoms with E-state index < -0.39 is 28.2 Å². The minimum Gasteiger partial charge on any atom is -0.454 e. The van der Waals surface area contributed by atoms with Gasteiger partial charge in [0.25, 0.3) is 5.91 Å². The van der Waals surface area contributed by atoms with Crippen molar-refractivity contribution in [3.8, 4) is 11.5 Å². The summed E-state index contributed by atoms with van der Waals surface area (Å²) in [5, 5.41) is 16.3. The number of aliphatic hydroxyl groups excluding tert-OH is 1. The number of amides is 2. The summed E-state index contributed by atoms with van der Waals surface area (Å²) in [6, 6.07) is 12.4. The fourth-order valence-corrected chi connectivity index (χ4v) is 7.06. The Bertz CT molecular complexity index is 1370. The van der Waals surface area contributed by atoms with Crippen molar-refractivity contribution in [1.82, 2.24) is 20.1 Å². The molecule has 2 aliphatic rings. The Labute approximate surface area is 260 Å². The molecule has 0 aromatic heterocycles. The summed E-state index contributed by atoms with van der Waals surface area (Å²) in [4.78, 5) is 27.1. The number of carbonyl (C=O) groups is 2. The van der Waals surface area contributed by atoms with Crippen molar-refractivity contribution < 1.29 is 32.6 Å². The van der Waals surface area contributed by atoms with Gasteiger partial charge >= 0.3 is 0 Å². The van der Waals surface area contributed by atoms with Crippen LogP contribution < -0.4 is 20.2 Å². The second kappa shape index (κ2) is 15.2. The number of fused-ring (bicyclic) bond motifs is 1. The molecule has 2 heterocycles. The van der Waals surface area contributed by atoms with Crippen LogP contribution in [0.2, 0.25) is 0 Å². The highest BCUT2D eigenvalue weighted by Crippen LogP contribution is 2.35. The maximum absolute atomic E-state index is 14.0. The van der Waals surface area contributed by atoms with Crippen LogP contribution in [-0.2, 0) is 26.0 Å². The van der Waals surface area contributed by atoms with Gasteiger partial charge in [0.2, 0.25) is 22.7 Å². The van der Waals surface area contributed by atoms with Gasteiger partial charge in [0.15, 0.2) is 11.5 Å². The third kappa shape index (κ3) is 8.50. The predicted molar refractivity (Wildman–Crippen MR) is 166 cm³/mol. The number of aliphatic hydroxyl groups is 1. The lowest BCUT2D eigenvalue weighted by molar-refractivity contribution is -0.149. The van der Waals surface area contributed by atoms with E-state index in [-0.39, 0.29) is 61.3 Å². The van der Waals surface area contributed by atoms with E-state index in [1.165, 1.54) is 21.4 Å². The number of hydrogen-bond acceptors (Lipinski definition) is 8. The van der Waals surface area contributed by atoms with Gasteiger partial charge in [-0.05, 0) is 55.3 Å². The lowest BCUT2D eigenvalue weighted by atomic mass is 9.98. The molecule has 2 aromatic rings. The third-order valence-electron chi connectivity index (χ3n) is 8.10. The molecule has 0 bridgehead atoms. The van der Waals surface area contributed by atoms with Gasteiger partial charge in [-0.2, -0.15) is 4.31 Å². The normalized spacial score (nSPS) is 18.3. The summed E-state index contributed by atoms with van der Waals surface area (Å²) in [7, 11) is -4.09. The van der Waals surface area contributed by atoms with E-state index in [0.717, 1.165) is 18.4 Å². The molecule has 1 fully saturated rings. The summed E-state index contributed by atoms with van der Waals surface area (Å²) >= 11 is 0. The first-order valence-electron chi connectivity index (χ1n) is 15.5. The molecule has 2 aromatic carbocycles. The summed E-state index contributed by atoms with van der Waals surface area (Å²) in [6.07, 6.45) is 1.28. The number of ether oxygens (including phenoxy) is 2. The Kier molecular flexibility index (Phi) is 11.6. The highest BCUT2D eigenvalue weighted by Gasteiger charge is 2.37. The molecule has 12 heteroatoms. The first kappa shape index (κ1) is 33.7. The van der Waals surface area contributed by atoms with Crippen LogP contribution in [-0.4, -0.2) is 79.3 Å². The number of nitrogens with zero attached hydrogens (tertiary/aromatic N) is 2. The zero-order valence-corrected chi connectivity index (χ0v) is 26.9. The number of hydrogen-bond donors (Lipinski definition) is 3. The molecule has 0 spiro atoms. The minimum absolute atomic E-state index is 0.0109. The lowest BCUT2D eigenvalue weighted by Crippen LogP contribution is -2.61. The maximum atomic E-state index is 14.0. The van der Waals surface area contributed by atoms with Gasteiger partial charge < -0.3 is 19.9 Å². The van der Waals surface area contributed by atoms with Crippen LogP contribution in [0.4, 0.5) is 0 Å². The molecule has 2 aliphatic heterocycles. The SMILES string of the molecule is CC[C@H](C)CC(=O)N(NC(=O)C1CCCN1)[C@@H](Cc1ccccc1)[C@H](O)CN(CC(C)C)S(=O)(=O)c1ccc2c(c1)OCO2. The molecule has 0 saturated carbocycles. The van der Waals surface area contributed by atoms with Crippen LogP contribution in [0, 0.1) is 11.8 Å². The topological polar surface area (TPSA) is 138 Å². The highest BCUT2D eigenvalue weighted by atomic mass is 32.2. The molecule has 44 heavy (non-hydrogen) atoms. The molecule has 11 nitrogen and oxygen atoms in total. The van der Waals surface area contributed by atoms with Crippen molar-refractivity contribution in [2.75, 3.05) is 26.4 Å². The maximum Gasteiger partial charge on any atom is 0.255 e. The van der Waals surface area contributed by atoms with Gasteiger partial charge in [0, 0.05) is 25.6 Å². The van der Waals surface area contributed by atoms with E-state index in [9.17, 15) is 23.1 Å². The predicted octanol–water partition coefficient (Wildman–Crippen LogP) is 3.08. The number of nitrogens with one attached hydrogen (secondary N) is 2. The first-order valence-corrected chi connectivity index (χ1v) is 16.9. The summed E-state index contributed by atoms with van der Waals surface area (Å²) in [5.74, 6) is 0.102. The molecule has 0 aliphatic carbocycles. The summed E-state index contributed by atoms with van der Waals surface area (Å²) in [5.41, 5.74) is 3.66. The molecule has 2 amide bonds. The molecule has 4 atom stereocenters. The van der Waals surface area contributed by atoms with E-state index in [1.54, 1.807) is 6.07 Å². The van der Waals surface area contributed by atoms with E-state index in [1.807, 2.05) is 58.0 Å². The molecule has 4 rings (SSSR count). The molecule has 242 valence electrons. The van der Waals surface area contributed by atoms with E-state index in [2.05, 4.69) is 10.7 Å². The number of benzene rings is 2. The number of rotatable bonds is 14. The van der Waals surface area contributed by atoms with Crippen LogP contribution in [0.5, 0.6) is 11.5 Å². The van der Waals surface area contributed by atoms with E-state index in [0.29, 0.717) is 24.5 Å². The average molecular weight is 631 g/mol. The van der Waals surface area contributed by atoms with Crippen LogP contribution in [0.1, 0.15) is 58.9 Å². The second-order valence-corrected chi connectivity index (χ2v) is 14.1. The van der Waals surface area contributed by atoms with Crippen molar-refractivity contribution >= 4 is 21.8 Å². The van der Waals surface area contributed by atoms with Gasteiger partial charge in [-0.25, -0.2) is 13.4 Å². The van der Waals surface area contributed by atoms with Gasteiger partial charge in [0.1, 0.15) is 0 Å². The fourth-order valence-electron chi connectivity index (χ4n) is 5.43. The van der Waals surface area contributed by atoms with E-state index >= 15 is 0 Å². The van der Waals surface area contributed by atoms with Crippen molar-refractivity contribution in [3.05, 3.63) is 54.1 Å². The monoisotopic (exact) mass is 630 g/mol. The van der Waals surface area contributed by atoms with Gasteiger partial charge in [0.05, 0.1) is 23.1 Å². The Balaban J connectivity index is 1.68. The van der Waals surface area contributed by atoms with E-state index in [4.69, 9.17) is 9.47 Å². The smallest absolute Gasteiger partial charge is 0.255 e. The van der Waals surface area contributed by atoms with Crippen LogP contribution in [0.15, 0.2) is 53.4 Å². The Morgan fingerprint density at radius 1 is 1.07 bits per heavy atom. The minimum atomic E-state index is -4.09. The Morgan fingerprint density at radius 2 is 1.80 bits per heavy atom. The van der Waals surface area contributed by atoms with Crippen molar-refractivity contribution in [1.29, 1.82) is 0 Å². The number of hydrazine groups is 1. The summed E-state index contributed by atoms with van der Waals surface area (Å²) in [6.45, 7) is 8.29. The Hall–Kier alpha value is -3.19. The third-order valence-corrected chi connectivity index (χ3v) is 9.93. The van der Waals surface area contributed by atoms with Gasteiger partial charge in [-0.1, -0.05) is 64.4 Å². The number of carbonyl (C=O) groups excluding carboxylic acids is 2. The second-order valence-electron chi connectivity index (χ2n) is 12.2. The highest BCUT2D eigenvalue weighted by molar-refractivity contribution is 7.89. The van der Waals surface area contributed by atoms with Crippen molar-refractivity contribution in [2.45, 2.75) is 82.9 Å². The molecule has 0 radical (unpaired) electrons. The molecule has 3 N–H and O–H groups in total.